The molecule has 1 aliphatic heterocycles. The average molecular weight is 242 g/mol. The van der Waals surface area contributed by atoms with Crippen LogP contribution in [-0.2, 0) is 14.3 Å². The maximum atomic E-state index is 11.8. The van der Waals surface area contributed by atoms with Crippen LogP contribution in [0.25, 0.3) is 0 Å². The first kappa shape index (κ1) is 14.0. The third-order valence-corrected chi connectivity index (χ3v) is 2.72. The number of piperidine rings is 1. The number of nitrogens with one attached hydrogen (secondary N) is 2. The summed E-state index contributed by atoms with van der Waals surface area (Å²) in [4.78, 5) is 23.2. The molecular weight excluding hydrogens is 220 g/mol. The fourth-order valence-corrected chi connectivity index (χ4v) is 1.86. The molecule has 17 heavy (non-hydrogen) atoms. The number of carbonyl (C=O) groups is 2. The van der Waals surface area contributed by atoms with Crippen LogP contribution in [0.3, 0.4) is 0 Å². The monoisotopic (exact) mass is 242 g/mol. The van der Waals surface area contributed by atoms with Gasteiger partial charge in [0.1, 0.15) is 11.6 Å². The number of hydrogen-bond donors (Lipinski definition) is 2. The van der Waals surface area contributed by atoms with Gasteiger partial charge in [0.15, 0.2) is 0 Å². The van der Waals surface area contributed by atoms with Gasteiger partial charge in [-0.25, -0.2) is 0 Å². The molecule has 0 saturated carbocycles. The minimum atomic E-state index is -0.462. The third kappa shape index (κ3) is 4.34. The van der Waals surface area contributed by atoms with Crippen molar-refractivity contribution in [3.05, 3.63) is 0 Å². The predicted octanol–water partition coefficient (Wildman–Crippen LogP) is 0.442. The van der Waals surface area contributed by atoms with Gasteiger partial charge in [0.05, 0.1) is 5.92 Å². The molecule has 0 aliphatic carbocycles. The largest absolute Gasteiger partial charge is 0.459 e. The van der Waals surface area contributed by atoms with Crippen molar-refractivity contribution in [2.75, 3.05) is 13.6 Å². The van der Waals surface area contributed by atoms with Crippen molar-refractivity contribution in [1.82, 2.24) is 10.6 Å². The van der Waals surface area contributed by atoms with Gasteiger partial charge >= 0.3 is 5.97 Å². The molecule has 2 atom stereocenters. The second kappa shape index (κ2) is 5.49. The number of esters is 1. The zero-order chi connectivity index (χ0) is 13.1. The molecule has 0 unspecified atom stereocenters. The summed E-state index contributed by atoms with van der Waals surface area (Å²) in [6.07, 6.45) is 1.36. The van der Waals surface area contributed by atoms with Crippen LogP contribution in [0.4, 0.5) is 0 Å². The van der Waals surface area contributed by atoms with E-state index in [0.29, 0.717) is 13.0 Å². The quantitative estimate of drug-likeness (QED) is 0.690. The SMILES string of the molecule is CNC(=O)[C@@H]1CC[C@H](C(=O)OC(C)(C)C)NC1. The van der Waals surface area contributed by atoms with Gasteiger partial charge in [-0.15, -0.1) is 0 Å². The Morgan fingerprint density at radius 2 is 1.94 bits per heavy atom. The van der Waals surface area contributed by atoms with E-state index >= 15 is 0 Å². The van der Waals surface area contributed by atoms with E-state index in [0.717, 1.165) is 6.42 Å². The molecular formula is C12H22N2O3. The molecule has 1 amide bonds. The van der Waals surface area contributed by atoms with Crippen LogP contribution in [0.1, 0.15) is 33.6 Å². The summed E-state index contributed by atoms with van der Waals surface area (Å²) >= 11 is 0. The lowest BCUT2D eigenvalue weighted by Gasteiger charge is -2.30. The summed E-state index contributed by atoms with van der Waals surface area (Å²) < 4.78 is 5.30. The molecule has 1 fully saturated rings. The third-order valence-electron chi connectivity index (χ3n) is 2.72. The van der Waals surface area contributed by atoms with E-state index in [1.54, 1.807) is 7.05 Å². The van der Waals surface area contributed by atoms with E-state index in [-0.39, 0.29) is 23.8 Å². The zero-order valence-electron chi connectivity index (χ0n) is 11.0. The van der Waals surface area contributed by atoms with Gasteiger partial charge in [-0.1, -0.05) is 0 Å². The van der Waals surface area contributed by atoms with Crippen LogP contribution >= 0.6 is 0 Å². The van der Waals surface area contributed by atoms with Gasteiger partial charge < -0.3 is 15.4 Å². The summed E-state index contributed by atoms with van der Waals surface area (Å²) in [6, 6.07) is -0.282. The molecule has 0 aromatic heterocycles. The Bertz CT molecular complexity index is 289. The highest BCUT2D eigenvalue weighted by Gasteiger charge is 2.31. The first-order chi connectivity index (χ1) is 7.83. The van der Waals surface area contributed by atoms with Gasteiger partial charge in [-0.2, -0.15) is 0 Å². The van der Waals surface area contributed by atoms with Gasteiger partial charge in [0.2, 0.25) is 5.91 Å². The smallest absolute Gasteiger partial charge is 0.323 e. The summed E-state index contributed by atoms with van der Waals surface area (Å²) in [7, 11) is 1.63. The van der Waals surface area contributed by atoms with Crippen molar-refractivity contribution in [1.29, 1.82) is 0 Å². The van der Waals surface area contributed by atoms with E-state index in [2.05, 4.69) is 10.6 Å². The van der Waals surface area contributed by atoms with Crippen LogP contribution in [0.5, 0.6) is 0 Å². The Labute approximate surface area is 102 Å². The van der Waals surface area contributed by atoms with E-state index in [1.807, 2.05) is 20.8 Å². The van der Waals surface area contributed by atoms with Crippen LogP contribution in [0.15, 0.2) is 0 Å². The number of ether oxygens (including phenoxy) is 1. The molecule has 1 saturated heterocycles. The molecule has 1 aliphatic rings. The Hall–Kier alpha value is -1.10. The average Bonchev–Trinajstić information content (AvgIpc) is 2.26. The lowest BCUT2D eigenvalue weighted by molar-refractivity contribution is -0.158. The first-order valence-corrected chi connectivity index (χ1v) is 6.01. The van der Waals surface area contributed by atoms with Crippen LogP contribution in [-0.4, -0.2) is 37.1 Å². The van der Waals surface area contributed by atoms with Crippen molar-refractivity contribution in [2.24, 2.45) is 5.92 Å². The van der Waals surface area contributed by atoms with Crippen molar-refractivity contribution in [3.8, 4) is 0 Å². The second-order valence-electron chi connectivity index (χ2n) is 5.38. The minimum Gasteiger partial charge on any atom is -0.459 e. The van der Waals surface area contributed by atoms with E-state index in [9.17, 15) is 9.59 Å². The highest BCUT2D eigenvalue weighted by atomic mass is 16.6. The topological polar surface area (TPSA) is 67.4 Å². The Kier molecular flexibility index (Phi) is 4.51. The summed E-state index contributed by atoms with van der Waals surface area (Å²) in [5.74, 6) is -0.244. The molecule has 5 nitrogen and oxygen atoms in total. The fraction of sp³-hybridized carbons (Fsp3) is 0.833. The van der Waals surface area contributed by atoms with E-state index in [1.165, 1.54) is 0 Å². The molecule has 1 rings (SSSR count). The maximum absolute atomic E-state index is 11.8. The lowest BCUT2D eigenvalue weighted by atomic mass is 9.94. The Morgan fingerprint density at radius 3 is 2.35 bits per heavy atom. The van der Waals surface area contributed by atoms with Gasteiger partial charge in [0.25, 0.3) is 0 Å². The van der Waals surface area contributed by atoms with Crippen LogP contribution in [0.2, 0.25) is 0 Å². The zero-order valence-corrected chi connectivity index (χ0v) is 11.0. The number of rotatable bonds is 2. The fourth-order valence-electron chi connectivity index (χ4n) is 1.86. The lowest BCUT2D eigenvalue weighted by Crippen LogP contribution is -2.49. The van der Waals surface area contributed by atoms with Crippen molar-refractivity contribution >= 4 is 11.9 Å². The number of amides is 1. The standard InChI is InChI=1S/C12H22N2O3/c1-12(2,3)17-11(16)9-6-5-8(7-14-9)10(15)13-4/h8-9,14H,5-7H2,1-4H3,(H,13,15)/t8-,9-/m1/s1. The number of carbonyl (C=O) groups excluding carboxylic acids is 2. The summed E-state index contributed by atoms with van der Waals surface area (Å²) in [6.45, 7) is 6.08. The highest BCUT2D eigenvalue weighted by molar-refractivity contribution is 5.80. The minimum absolute atomic E-state index is 0.0279. The summed E-state index contributed by atoms with van der Waals surface area (Å²) in [5, 5.41) is 5.69. The molecule has 1 heterocycles. The summed E-state index contributed by atoms with van der Waals surface area (Å²) in [5.41, 5.74) is -0.462. The van der Waals surface area contributed by atoms with E-state index < -0.39 is 5.60 Å². The predicted molar refractivity (Wildman–Crippen MR) is 64.4 cm³/mol. The Morgan fingerprint density at radius 1 is 1.29 bits per heavy atom. The molecule has 2 N–H and O–H groups in total. The normalized spacial score (nSPS) is 25.2. The Balaban J connectivity index is 2.42. The second-order valence-corrected chi connectivity index (χ2v) is 5.38. The van der Waals surface area contributed by atoms with Crippen molar-refractivity contribution < 1.29 is 14.3 Å². The molecule has 0 aromatic carbocycles. The van der Waals surface area contributed by atoms with Crippen molar-refractivity contribution in [2.45, 2.75) is 45.3 Å². The molecule has 5 heteroatoms. The van der Waals surface area contributed by atoms with Gasteiger partial charge in [-0.05, 0) is 33.6 Å². The molecule has 0 bridgehead atoms. The van der Waals surface area contributed by atoms with E-state index in [4.69, 9.17) is 4.74 Å². The van der Waals surface area contributed by atoms with Gasteiger partial charge in [-0.3, -0.25) is 9.59 Å². The highest BCUT2D eigenvalue weighted by Crippen LogP contribution is 2.17. The number of hydrogen-bond acceptors (Lipinski definition) is 4. The maximum Gasteiger partial charge on any atom is 0.323 e. The van der Waals surface area contributed by atoms with Gasteiger partial charge in [0, 0.05) is 13.6 Å². The molecule has 0 radical (unpaired) electrons. The molecule has 0 aromatic rings. The van der Waals surface area contributed by atoms with Crippen LogP contribution < -0.4 is 10.6 Å². The molecule has 0 spiro atoms. The van der Waals surface area contributed by atoms with Crippen molar-refractivity contribution in [3.63, 3.8) is 0 Å². The van der Waals surface area contributed by atoms with Crippen LogP contribution in [0, 0.1) is 5.92 Å². The molecule has 98 valence electrons. The first-order valence-electron chi connectivity index (χ1n) is 6.01.